The molecule has 0 N–H and O–H groups in total. The quantitative estimate of drug-likeness (QED) is 0.384. The van der Waals surface area contributed by atoms with Crippen molar-refractivity contribution in [3.63, 3.8) is 0 Å². The lowest BCUT2D eigenvalue weighted by Gasteiger charge is -2.21. The number of nitrogens with zero attached hydrogens (tertiary/aromatic N) is 2. The largest absolute Gasteiger partial charge is 0.312 e. The Balaban J connectivity index is 3.00. The third-order valence-corrected chi connectivity index (χ3v) is 3.34. The summed E-state index contributed by atoms with van der Waals surface area (Å²) in [5.41, 5.74) is 0.721. The maximum Gasteiger partial charge on any atom is 0.294 e. The Kier molecular flexibility index (Phi) is 5.33. The van der Waals surface area contributed by atoms with Crippen LogP contribution in [0.25, 0.3) is 0 Å². The van der Waals surface area contributed by atoms with Crippen LogP contribution in [0.5, 0.6) is 0 Å². The number of allylic oxidation sites excluding steroid dienone is 3. The van der Waals surface area contributed by atoms with Gasteiger partial charge in [0.15, 0.2) is 11.6 Å². The van der Waals surface area contributed by atoms with Gasteiger partial charge in [-0.05, 0) is 20.8 Å². The maximum absolute atomic E-state index is 12.2. The average molecular weight is 314 g/mol. The Bertz CT molecular complexity index is 604. The minimum Gasteiger partial charge on any atom is -0.312 e. The van der Waals surface area contributed by atoms with Crippen molar-refractivity contribution in [1.29, 1.82) is 0 Å². The fraction of sp³-hybridized carbons (Fsp3) is 0.500. The van der Waals surface area contributed by atoms with Gasteiger partial charge in [0.2, 0.25) is 0 Å². The van der Waals surface area contributed by atoms with Crippen LogP contribution in [0.3, 0.4) is 0 Å². The third-order valence-electron chi connectivity index (χ3n) is 3.34. The highest BCUT2D eigenvalue weighted by Gasteiger charge is 2.30. The zero-order valence-corrected chi connectivity index (χ0v) is 12.2. The van der Waals surface area contributed by atoms with Crippen molar-refractivity contribution in [3.05, 3.63) is 42.5 Å². The Hall–Kier alpha value is -2.78. The summed E-state index contributed by atoms with van der Waals surface area (Å²) in [6.45, 7) is 3.67. The molecule has 0 aromatic rings. The highest BCUT2D eigenvalue weighted by Crippen LogP contribution is 2.27. The van der Waals surface area contributed by atoms with E-state index in [0.29, 0.717) is 5.57 Å². The van der Waals surface area contributed by atoms with Gasteiger partial charge in [0, 0.05) is 28.7 Å². The molecular weight excluding hydrogens is 300 g/mol. The van der Waals surface area contributed by atoms with E-state index in [2.05, 4.69) is 9.68 Å². The summed E-state index contributed by atoms with van der Waals surface area (Å²) >= 11 is 0. The summed E-state index contributed by atoms with van der Waals surface area (Å²) in [5.74, 6) is -0.783. The van der Waals surface area contributed by atoms with Gasteiger partial charge in [0.25, 0.3) is 10.2 Å². The van der Waals surface area contributed by atoms with E-state index >= 15 is 0 Å². The van der Waals surface area contributed by atoms with Crippen molar-refractivity contribution in [2.24, 2.45) is 0 Å². The first-order valence-electron chi connectivity index (χ1n) is 6.20. The summed E-state index contributed by atoms with van der Waals surface area (Å²) in [5, 5.41) is 18.3. The summed E-state index contributed by atoms with van der Waals surface area (Å²) < 4.78 is 0. The Morgan fingerprint density at radius 1 is 0.955 bits per heavy atom. The summed E-state index contributed by atoms with van der Waals surface area (Å²) in [7, 11) is 0. The number of Topliss-reactive ketones (excluding diaryl/α,β-unsaturated/α-hetero) is 2. The Morgan fingerprint density at radius 2 is 1.50 bits per heavy atom. The predicted octanol–water partition coefficient (Wildman–Crippen LogP) is 0.966. The molecule has 0 heterocycles. The van der Waals surface area contributed by atoms with Gasteiger partial charge < -0.3 is 9.68 Å². The number of carbonyl (C=O) groups is 2. The van der Waals surface area contributed by atoms with Crippen molar-refractivity contribution in [1.82, 2.24) is 0 Å². The van der Waals surface area contributed by atoms with E-state index in [9.17, 15) is 29.8 Å². The second-order valence-electron chi connectivity index (χ2n) is 4.69. The van der Waals surface area contributed by atoms with E-state index in [0.717, 1.165) is 0 Å². The van der Waals surface area contributed by atoms with E-state index in [-0.39, 0.29) is 28.9 Å². The molecule has 1 unspecified atom stereocenters. The topological polar surface area (TPSA) is 139 Å². The van der Waals surface area contributed by atoms with Crippen molar-refractivity contribution < 1.29 is 29.4 Å². The van der Waals surface area contributed by atoms with Gasteiger partial charge in [-0.3, -0.25) is 9.59 Å². The third kappa shape index (κ3) is 3.87. The SMILES string of the molecule is CC1=C(C)C(=O)C(CC(CO[N+](=O)[O-])O[N+](=O)[O-])=C(C)C1=O. The molecule has 0 aliphatic heterocycles. The molecule has 10 heteroatoms. The standard InChI is InChI=1S/C12H14N2O8/c1-6-7(2)12(16)10(8(3)11(6)15)4-9(22-14(19)20)5-21-13(17)18/h9H,4-5H2,1-3H3. The fourth-order valence-electron chi connectivity index (χ4n) is 2.02. The van der Waals surface area contributed by atoms with Crippen LogP contribution < -0.4 is 0 Å². The van der Waals surface area contributed by atoms with Crippen LogP contribution in [0.2, 0.25) is 0 Å². The van der Waals surface area contributed by atoms with Crippen molar-refractivity contribution in [2.45, 2.75) is 33.3 Å². The molecule has 120 valence electrons. The monoisotopic (exact) mass is 314 g/mol. The number of hydrogen-bond donors (Lipinski definition) is 0. The van der Waals surface area contributed by atoms with Crippen molar-refractivity contribution in [3.8, 4) is 0 Å². The molecule has 1 aliphatic rings. The highest BCUT2D eigenvalue weighted by atomic mass is 17.0. The van der Waals surface area contributed by atoms with Crippen LogP contribution in [-0.4, -0.2) is 34.5 Å². The van der Waals surface area contributed by atoms with Gasteiger partial charge in [-0.2, -0.15) is 0 Å². The Labute approximate surface area is 124 Å². The van der Waals surface area contributed by atoms with E-state index < -0.39 is 28.7 Å². The maximum atomic E-state index is 12.2. The van der Waals surface area contributed by atoms with Crippen LogP contribution in [0.4, 0.5) is 0 Å². The second-order valence-corrected chi connectivity index (χ2v) is 4.69. The molecular formula is C12H14N2O8. The van der Waals surface area contributed by atoms with Crippen LogP contribution in [-0.2, 0) is 19.3 Å². The zero-order chi connectivity index (χ0) is 17.0. The molecule has 0 bridgehead atoms. The number of hydrogen-bond acceptors (Lipinski definition) is 8. The van der Waals surface area contributed by atoms with Gasteiger partial charge in [0.05, 0.1) is 0 Å². The first kappa shape index (κ1) is 17.3. The molecule has 1 rings (SSSR count). The lowest BCUT2D eigenvalue weighted by atomic mass is 9.84. The highest BCUT2D eigenvalue weighted by molar-refractivity contribution is 6.24. The molecule has 0 aromatic heterocycles. The minimum atomic E-state index is -1.37. The molecule has 1 aliphatic carbocycles. The van der Waals surface area contributed by atoms with Crippen LogP contribution in [0, 0.1) is 20.2 Å². The average Bonchev–Trinajstić information content (AvgIpc) is 2.44. The van der Waals surface area contributed by atoms with E-state index in [1.165, 1.54) is 20.8 Å². The van der Waals surface area contributed by atoms with Gasteiger partial charge in [-0.1, -0.05) is 0 Å². The van der Waals surface area contributed by atoms with E-state index in [1.807, 2.05) is 0 Å². The van der Waals surface area contributed by atoms with Crippen molar-refractivity contribution >= 4 is 11.6 Å². The van der Waals surface area contributed by atoms with E-state index in [4.69, 9.17) is 0 Å². The first-order valence-corrected chi connectivity index (χ1v) is 6.20. The van der Waals surface area contributed by atoms with Crippen LogP contribution >= 0.6 is 0 Å². The molecule has 10 nitrogen and oxygen atoms in total. The van der Waals surface area contributed by atoms with Crippen molar-refractivity contribution in [2.75, 3.05) is 6.61 Å². The molecule has 0 amide bonds. The lowest BCUT2D eigenvalue weighted by molar-refractivity contribution is -0.789. The molecule has 0 saturated carbocycles. The molecule has 1 atom stereocenters. The molecule has 0 fully saturated rings. The predicted molar refractivity (Wildman–Crippen MR) is 70.5 cm³/mol. The van der Waals surface area contributed by atoms with Crippen LogP contribution in [0.1, 0.15) is 27.2 Å². The first-order chi connectivity index (χ1) is 10.1. The normalized spacial score (nSPS) is 16.7. The minimum absolute atomic E-state index is 0.0342. The van der Waals surface area contributed by atoms with Gasteiger partial charge in [-0.15, -0.1) is 20.2 Å². The van der Waals surface area contributed by atoms with Gasteiger partial charge >= 0.3 is 0 Å². The lowest BCUT2D eigenvalue weighted by Crippen LogP contribution is -2.29. The molecule has 0 aromatic carbocycles. The molecule has 0 saturated heterocycles. The van der Waals surface area contributed by atoms with Gasteiger partial charge in [-0.25, -0.2) is 0 Å². The summed E-state index contributed by atoms with van der Waals surface area (Å²) in [4.78, 5) is 53.1. The Morgan fingerprint density at radius 3 is 2.00 bits per heavy atom. The second kappa shape index (κ2) is 6.78. The summed E-state index contributed by atoms with van der Waals surface area (Å²) in [6.07, 6.45) is -1.70. The number of rotatable bonds is 7. The van der Waals surface area contributed by atoms with Crippen LogP contribution in [0.15, 0.2) is 22.3 Å². The zero-order valence-electron chi connectivity index (χ0n) is 12.2. The molecule has 22 heavy (non-hydrogen) atoms. The summed E-state index contributed by atoms with van der Waals surface area (Å²) in [6, 6.07) is 0. The number of carbonyl (C=O) groups excluding carboxylic acids is 2. The smallest absolute Gasteiger partial charge is 0.294 e. The fourth-order valence-corrected chi connectivity index (χ4v) is 2.02. The molecule has 0 spiro atoms. The molecule has 0 radical (unpaired) electrons. The number of ketones is 2. The van der Waals surface area contributed by atoms with Gasteiger partial charge in [0.1, 0.15) is 12.7 Å². The van der Waals surface area contributed by atoms with E-state index in [1.54, 1.807) is 0 Å².